The summed E-state index contributed by atoms with van der Waals surface area (Å²) in [6.07, 6.45) is 12.4. The van der Waals surface area contributed by atoms with Gasteiger partial charge in [0.05, 0.1) is 11.7 Å². The quantitative estimate of drug-likeness (QED) is 0.654. The van der Waals surface area contributed by atoms with Gasteiger partial charge in [0.15, 0.2) is 0 Å². The number of fused-ring (bicyclic) bond motifs is 5. The molecule has 0 heterocycles. The van der Waals surface area contributed by atoms with Gasteiger partial charge in [-0.3, -0.25) is 0 Å². The minimum atomic E-state index is -0.645. The zero-order chi connectivity index (χ0) is 16.7. The van der Waals surface area contributed by atoms with E-state index in [-0.39, 0.29) is 22.3 Å². The SMILES string of the molecule is C[C@]12CC[C@H]3[C@@H](CC[C@@]4(C)C[C@](C)(O)C=C[C@]34C)[C@@H]1CC[C@@H]2O. The van der Waals surface area contributed by atoms with Gasteiger partial charge < -0.3 is 10.2 Å². The topological polar surface area (TPSA) is 40.5 Å². The first-order valence-electron chi connectivity index (χ1n) is 9.72. The summed E-state index contributed by atoms with van der Waals surface area (Å²) in [7, 11) is 0. The Bertz CT molecular complexity index is 538. The third kappa shape index (κ3) is 2.00. The standard InChI is InChI=1S/C21H34O2/c1-18-9-7-14-15-5-6-17(22)20(15,3)10-8-16(14)21(18,4)12-11-19(2,23)13-18/h11-12,14-17,22-23H,5-10,13H2,1-4H3/t14-,15-,16-,17-,18-,19+,20-,21+/m0/s1. The average Bonchev–Trinajstić information content (AvgIpc) is 2.76. The minimum Gasteiger partial charge on any atom is -0.393 e. The first-order valence-corrected chi connectivity index (χ1v) is 9.72. The van der Waals surface area contributed by atoms with Crippen LogP contribution in [-0.2, 0) is 0 Å². The predicted molar refractivity (Wildman–Crippen MR) is 92.9 cm³/mol. The Morgan fingerprint density at radius 1 is 0.870 bits per heavy atom. The Kier molecular flexibility index (Phi) is 3.25. The predicted octanol–water partition coefficient (Wildman–Crippen LogP) is 4.31. The Balaban J connectivity index is 1.72. The van der Waals surface area contributed by atoms with E-state index in [1.54, 1.807) is 0 Å². The highest BCUT2D eigenvalue weighted by Crippen LogP contribution is 2.69. The van der Waals surface area contributed by atoms with Gasteiger partial charge in [-0.1, -0.05) is 32.9 Å². The van der Waals surface area contributed by atoms with Crippen LogP contribution < -0.4 is 0 Å². The van der Waals surface area contributed by atoms with Crippen molar-refractivity contribution in [3.63, 3.8) is 0 Å². The van der Waals surface area contributed by atoms with Crippen LogP contribution in [0.1, 0.15) is 72.6 Å². The first-order chi connectivity index (χ1) is 10.6. The number of hydrogen-bond acceptors (Lipinski definition) is 2. The number of aliphatic hydroxyl groups is 2. The summed E-state index contributed by atoms with van der Waals surface area (Å²) in [6, 6.07) is 0. The molecule has 3 saturated carbocycles. The molecule has 130 valence electrons. The number of rotatable bonds is 0. The Morgan fingerprint density at radius 2 is 1.61 bits per heavy atom. The third-order valence-corrected chi connectivity index (χ3v) is 9.02. The average molecular weight is 319 g/mol. The molecule has 8 atom stereocenters. The second kappa shape index (κ2) is 4.64. The fourth-order valence-corrected chi connectivity index (χ4v) is 7.41. The molecule has 2 N–H and O–H groups in total. The van der Waals surface area contributed by atoms with E-state index in [2.05, 4.69) is 32.9 Å². The van der Waals surface area contributed by atoms with Crippen LogP contribution in [0.5, 0.6) is 0 Å². The van der Waals surface area contributed by atoms with Crippen molar-refractivity contribution in [3.05, 3.63) is 12.2 Å². The number of hydrogen-bond donors (Lipinski definition) is 2. The highest BCUT2D eigenvalue weighted by Gasteiger charge is 2.63. The highest BCUT2D eigenvalue weighted by molar-refractivity contribution is 5.23. The molecule has 4 aliphatic carbocycles. The molecule has 0 aliphatic heterocycles. The van der Waals surface area contributed by atoms with E-state index < -0.39 is 5.60 Å². The molecule has 0 aromatic heterocycles. The van der Waals surface area contributed by atoms with Crippen LogP contribution in [0.25, 0.3) is 0 Å². The molecule has 0 amide bonds. The summed E-state index contributed by atoms with van der Waals surface area (Å²) < 4.78 is 0. The van der Waals surface area contributed by atoms with Crippen molar-refractivity contribution in [3.8, 4) is 0 Å². The van der Waals surface area contributed by atoms with E-state index in [9.17, 15) is 10.2 Å². The maximum atomic E-state index is 10.6. The number of allylic oxidation sites excluding steroid dienone is 1. The normalized spacial score (nSPS) is 61.7. The van der Waals surface area contributed by atoms with E-state index in [0.717, 1.165) is 24.7 Å². The molecule has 2 nitrogen and oxygen atoms in total. The third-order valence-electron chi connectivity index (χ3n) is 9.02. The van der Waals surface area contributed by atoms with Crippen LogP contribution >= 0.6 is 0 Å². The van der Waals surface area contributed by atoms with Gasteiger partial charge in [-0.05, 0) is 85.9 Å². The monoisotopic (exact) mass is 318 g/mol. The summed E-state index contributed by atoms with van der Waals surface area (Å²) in [5.74, 6) is 2.18. The molecule has 2 heteroatoms. The van der Waals surface area contributed by atoms with E-state index in [0.29, 0.717) is 5.92 Å². The van der Waals surface area contributed by atoms with Crippen molar-refractivity contribution >= 4 is 0 Å². The van der Waals surface area contributed by atoms with Gasteiger partial charge in [0.25, 0.3) is 0 Å². The summed E-state index contributed by atoms with van der Waals surface area (Å²) in [5, 5.41) is 21.1. The summed E-state index contributed by atoms with van der Waals surface area (Å²) in [4.78, 5) is 0. The molecule has 0 unspecified atom stereocenters. The van der Waals surface area contributed by atoms with Crippen molar-refractivity contribution < 1.29 is 10.2 Å². The summed E-state index contributed by atoms with van der Waals surface area (Å²) in [6.45, 7) is 9.19. The van der Waals surface area contributed by atoms with Crippen LogP contribution in [0.15, 0.2) is 12.2 Å². The lowest BCUT2D eigenvalue weighted by Gasteiger charge is -2.64. The van der Waals surface area contributed by atoms with Gasteiger partial charge in [-0.2, -0.15) is 0 Å². The zero-order valence-electron chi connectivity index (χ0n) is 15.3. The van der Waals surface area contributed by atoms with Crippen molar-refractivity contribution in [1.29, 1.82) is 0 Å². The summed E-state index contributed by atoms with van der Waals surface area (Å²) >= 11 is 0. The second-order valence-electron chi connectivity index (χ2n) is 10.3. The molecule has 0 bridgehead atoms. The van der Waals surface area contributed by atoms with Crippen molar-refractivity contribution in [2.45, 2.75) is 84.3 Å². The molecule has 3 fully saturated rings. The van der Waals surface area contributed by atoms with Gasteiger partial charge in [-0.25, -0.2) is 0 Å². The molecule has 0 saturated heterocycles. The van der Waals surface area contributed by atoms with Crippen LogP contribution in [0, 0.1) is 34.0 Å². The summed E-state index contributed by atoms with van der Waals surface area (Å²) in [5.41, 5.74) is -0.0760. The molecule has 4 rings (SSSR count). The van der Waals surface area contributed by atoms with Gasteiger partial charge >= 0.3 is 0 Å². The number of aliphatic hydroxyl groups excluding tert-OH is 1. The fraction of sp³-hybridized carbons (Fsp3) is 0.905. The molecular weight excluding hydrogens is 284 g/mol. The van der Waals surface area contributed by atoms with Crippen LogP contribution in [0.2, 0.25) is 0 Å². The van der Waals surface area contributed by atoms with Crippen molar-refractivity contribution in [2.24, 2.45) is 34.0 Å². The van der Waals surface area contributed by atoms with E-state index in [1.165, 1.54) is 32.1 Å². The maximum Gasteiger partial charge on any atom is 0.0805 e. The van der Waals surface area contributed by atoms with Crippen LogP contribution in [0.4, 0.5) is 0 Å². The van der Waals surface area contributed by atoms with Crippen LogP contribution in [0.3, 0.4) is 0 Å². The lowest BCUT2D eigenvalue weighted by Crippen LogP contribution is -2.58. The molecule has 4 aliphatic rings. The van der Waals surface area contributed by atoms with E-state index in [4.69, 9.17) is 0 Å². The van der Waals surface area contributed by atoms with Crippen molar-refractivity contribution in [1.82, 2.24) is 0 Å². The Labute approximate surface area is 141 Å². The van der Waals surface area contributed by atoms with Crippen molar-refractivity contribution in [2.75, 3.05) is 0 Å². The lowest BCUT2D eigenvalue weighted by atomic mass is 9.41. The molecule has 0 spiro atoms. The molecular formula is C21H34O2. The Morgan fingerprint density at radius 3 is 2.35 bits per heavy atom. The minimum absolute atomic E-state index is 0.0859. The van der Waals surface area contributed by atoms with Crippen LogP contribution in [-0.4, -0.2) is 21.9 Å². The second-order valence-corrected chi connectivity index (χ2v) is 10.3. The van der Waals surface area contributed by atoms with Gasteiger partial charge in [0, 0.05) is 0 Å². The Hall–Kier alpha value is -0.340. The zero-order valence-corrected chi connectivity index (χ0v) is 15.3. The van der Waals surface area contributed by atoms with Gasteiger partial charge in [0.2, 0.25) is 0 Å². The highest BCUT2D eigenvalue weighted by atomic mass is 16.3. The lowest BCUT2D eigenvalue weighted by molar-refractivity contribution is -0.142. The maximum absolute atomic E-state index is 10.6. The largest absolute Gasteiger partial charge is 0.393 e. The van der Waals surface area contributed by atoms with E-state index >= 15 is 0 Å². The fourth-order valence-electron chi connectivity index (χ4n) is 7.41. The van der Waals surface area contributed by atoms with Gasteiger partial charge in [0.1, 0.15) is 0 Å². The molecule has 0 aromatic rings. The smallest absolute Gasteiger partial charge is 0.0805 e. The molecule has 0 radical (unpaired) electrons. The first kappa shape index (κ1) is 16.1. The van der Waals surface area contributed by atoms with E-state index in [1.807, 2.05) is 6.92 Å². The van der Waals surface area contributed by atoms with Gasteiger partial charge in [-0.15, -0.1) is 0 Å². The molecule has 0 aromatic carbocycles. The molecule has 23 heavy (non-hydrogen) atoms.